The molecule has 43 valence electrons. The van der Waals surface area contributed by atoms with Crippen LogP contribution in [0.3, 0.4) is 0 Å². The van der Waals surface area contributed by atoms with Crippen molar-refractivity contribution >= 4 is 0 Å². The quantitative estimate of drug-likeness (QED) is 0.262. The van der Waals surface area contributed by atoms with E-state index < -0.39 is 0 Å². The molecule has 0 aromatic heterocycles. The van der Waals surface area contributed by atoms with Crippen LogP contribution in [0, 0.1) is 6.08 Å². The van der Waals surface area contributed by atoms with Gasteiger partial charge in [0, 0.05) is 0 Å². The third kappa shape index (κ3) is 6.77. The number of halogens is 2. The molecule has 0 bridgehead atoms. The van der Waals surface area contributed by atoms with Crippen molar-refractivity contribution in [2.45, 2.75) is 6.42 Å². The molecule has 0 N–H and O–H groups in total. The van der Waals surface area contributed by atoms with Crippen LogP contribution >= 0.6 is 0 Å². The van der Waals surface area contributed by atoms with Crippen LogP contribution in [0.15, 0.2) is 18.2 Å². The van der Waals surface area contributed by atoms with Crippen LogP contribution in [0.4, 0.5) is 0 Å². The minimum Gasteiger partial charge on any atom is -1.00 e. The van der Waals surface area contributed by atoms with Gasteiger partial charge in [-0.25, -0.2) is 12.2 Å². The smallest absolute Gasteiger partial charge is 1.00 e. The molecule has 0 aliphatic heterocycles. The summed E-state index contributed by atoms with van der Waals surface area (Å²) in [5.41, 5.74) is 0. The SMILES string of the molecule is [C-]1=CC=CC1.[Cl-].[Cl-].[Ti+3]. The fourth-order valence-corrected chi connectivity index (χ4v) is 0.340. The Balaban J connectivity index is -0.0000000833. The van der Waals surface area contributed by atoms with Crippen LogP contribution in [-0.4, -0.2) is 0 Å². The molecule has 3 heteroatoms. The van der Waals surface area contributed by atoms with E-state index in [1.807, 2.05) is 12.2 Å². The van der Waals surface area contributed by atoms with Gasteiger partial charge in [0.05, 0.1) is 0 Å². The molecule has 0 saturated heterocycles. The summed E-state index contributed by atoms with van der Waals surface area (Å²) in [6.45, 7) is 0. The summed E-state index contributed by atoms with van der Waals surface area (Å²) in [6.07, 6.45) is 10.0. The predicted molar refractivity (Wildman–Crippen MR) is 21.6 cm³/mol. The Hall–Kier alpha value is 0.774. The summed E-state index contributed by atoms with van der Waals surface area (Å²) in [4.78, 5) is 0. The van der Waals surface area contributed by atoms with Crippen molar-refractivity contribution in [1.82, 2.24) is 0 Å². The molecule has 0 nitrogen and oxygen atoms in total. The maximum absolute atomic E-state index is 2.99. The zero-order chi connectivity index (χ0) is 3.54. The molecule has 0 aromatic rings. The van der Waals surface area contributed by atoms with Crippen LogP contribution in [0.2, 0.25) is 0 Å². The third-order valence-electron chi connectivity index (χ3n) is 0.586. The second kappa shape index (κ2) is 10.7. The second-order valence-electron chi connectivity index (χ2n) is 1.00. The fraction of sp³-hybridized carbons (Fsp3) is 0.200. The molecule has 0 unspecified atom stereocenters. The van der Waals surface area contributed by atoms with Crippen LogP contribution in [0.5, 0.6) is 0 Å². The Morgan fingerprint density at radius 1 is 1.25 bits per heavy atom. The molecule has 1 aliphatic rings. The van der Waals surface area contributed by atoms with E-state index >= 15 is 0 Å². The fourth-order valence-electron chi connectivity index (χ4n) is 0.340. The predicted octanol–water partition coefficient (Wildman–Crippen LogP) is -4.69. The minimum atomic E-state index is 0. The van der Waals surface area contributed by atoms with E-state index in [2.05, 4.69) is 12.2 Å². The van der Waals surface area contributed by atoms with Crippen molar-refractivity contribution in [2.24, 2.45) is 0 Å². The molecule has 0 fully saturated rings. The van der Waals surface area contributed by atoms with Crippen molar-refractivity contribution in [1.29, 1.82) is 0 Å². The van der Waals surface area contributed by atoms with Gasteiger partial charge in [-0.05, 0) is 0 Å². The maximum Gasteiger partial charge on any atom is 3.00 e. The van der Waals surface area contributed by atoms with Crippen LogP contribution in [-0.2, 0) is 21.7 Å². The summed E-state index contributed by atoms with van der Waals surface area (Å²) >= 11 is 0. The van der Waals surface area contributed by atoms with Crippen LogP contribution in [0.25, 0.3) is 0 Å². The minimum absolute atomic E-state index is 0. The average Bonchev–Trinajstić information content (AvgIpc) is 1.76. The summed E-state index contributed by atoms with van der Waals surface area (Å²) < 4.78 is 0. The molecule has 1 rings (SSSR count). The molecule has 0 saturated carbocycles. The van der Waals surface area contributed by atoms with Gasteiger partial charge in [0.2, 0.25) is 0 Å². The van der Waals surface area contributed by atoms with Crippen LogP contribution < -0.4 is 24.8 Å². The first-order chi connectivity index (χ1) is 2.50. The normalized spacial score (nSPS) is 11.0. The number of rotatable bonds is 0. The largest absolute Gasteiger partial charge is 3.00 e. The first-order valence-electron chi connectivity index (χ1n) is 1.72. The van der Waals surface area contributed by atoms with E-state index in [-0.39, 0.29) is 46.5 Å². The molecule has 1 radical (unpaired) electrons. The summed E-state index contributed by atoms with van der Waals surface area (Å²) in [5, 5.41) is 0. The van der Waals surface area contributed by atoms with E-state index in [1.165, 1.54) is 0 Å². The Morgan fingerprint density at radius 3 is 2.00 bits per heavy atom. The number of hydrogen-bond acceptors (Lipinski definition) is 0. The van der Waals surface area contributed by atoms with E-state index in [1.54, 1.807) is 0 Å². The summed E-state index contributed by atoms with van der Waals surface area (Å²) in [5.74, 6) is 0. The maximum atomic E-state index is 2.99. The van der Waals surface area contributed by atoms with Gasteiger partial charge in [-0.2, -0.15) is 6.08 Å². The number of allylic oxidation sites excluding steroid dienone is 4. The third-order valence-corrected chi connectivity index (χ3v) is 0.586. The number of hydrogen-bond donors (Lipinski definition) is 0. The van der Waals surface area contributed by atoms with E-state index in [9.17, 15) is 0 Å². The molecular weight excluding hydrogens is 179 g/mol. The first-order valence-corrected chi connectivity index (χ1v) is 1.72. The second-order valence-corrected chi connectivity index (χ2v) is 1.00. The van der Waals surface area contributed by atoms with E-state index in [0.717, 1.165) is 6.42 Å². The summed E-state index contributed by atoms with van der Waals surface area (Å²) in [6, 6.07) is 0. The van der Waals surface area contributed by atoms with Crippen molar-refractivity contribution in [3.05, 3.63) is 24.3 Å². The van der Waals surface area contributed by atoms with Crippen molar-refractivity contribution < 1.29 is 46.5 Å². The van der Waals surface area contributed by atoms with E-state index in [0.29, 0.717) is 0 Å². The summed E-state index contributed by atoms with van der Waals surface area (Å²) in [7, 11) is 0. The van der Waals surface area contributed by atoms with Gasteiger partial charge in [0.15, 0.2) is 0 Å². The van der Waals surface area contributed by atoms with Gasteiger partial charge in [-0.3, -0.25) is 6.08 Å². The van der Waals surface area contributed by atoms with Gasteiger partial charge in [-0.1, -0.05) is 0 Å². The molecule has 0 atom stereocenters. The first kappa shape index (κ1) is 15.9. The van der Waals surface area contributed by atoms with Crippen LogP contribution in [0.1, 0.15) is 6.42 Å². The Bertz CT molecular complexity index is 68.5. The van der Waals surface area contributed by atoms with Crippen molar-refractivity contribution in [2.75, 3.05) is 0 Å². The Morgan fingerprint density at radius 2 is 1.88 bits per heavy atom. The van der Waals surface area contributed by atoms with Gasteiger partial charge < -0.3 is 24.8 Å². The van der Waals surface area contributed by atoms with Gasteiger partial charge in [-0.15, -0.1) is 6.42 Å². The molecule has 0 aromatic carbocycles. The Kier molecular flexibility index (Phi) is 21.3. The molecule has 1 aliphatic carbocycles. The van der Waals surface area contributed by atoms with Gasteiger partial charge in [0.25, 0.3) is 0 Å². The topological polar surface area (TPSA) is 0 Å². The van der Waals surface area contributed by atoms with Crippen molar-refractivity contribution in [3.8, 4) is 0 Å². The van der Waals surface area contributed by atoms with E-state index in [4.69, 9.17) is 0 Å². The Labute approximate surface area is 77.1 Å². The van der Waals surface area contributed by atoms with Crippen molar-refractivity contribution in [3.63, 3.8) is 0 Å². The van der Waals surface area contributed by atoms with Gasteiger partial charge in [0.1, 0.15) is 0 Å². The molecule has 8 heavy (non-hydrogen) atoms. The zero-order valence-corrected chi connectivity index (χ0v) is 7.27. The molecule has 0 amide bonds. The zero-order valence-electron chi connectivity index (χ0n) is 4.20. The van der Waals surface area contributed by atoms with Gasteiger partial charge >= 0.3 is 21.7 Å². The standard InChI is InChI=1S/C5H5.2ClH.Ti/c1-2-4-5-3-1;;;/h1-3H,4H2;2*1H;/q-1;;;+3/p-2. The molecular formula is C5H5Cl2Ti. The molecule has 0 spiro atoms. The molecule has 0 heterocycles. The monoisotopic (exact) mass is 183 g/mol. The average molecular weight is 184 g/mol.